The number of nitrogens with one attached hydrogen (secondary N) is 1. The summed E-state index contributed by atoms with van der Waals surface area (Å²) in [5.41, 5.74) is 0.929. The van der Waals surface area contributed by atoms with Gasteiger partial charge in [-0.3, -0.25) is 4.90 Å². The molecule has 2 rings (SSSR count). The molecule has 1 heterocycles. The van der Waals surface area contributed by atoms with Crippen LogP contribution in [-0.2, 0) is 6.54 Å². The van der Waals surface area contributed by atoms with E-state index in [4.69, 9.17) is 4.74 Å². The van der Waals surface area contributed by atoms with Gasteiger partial charge < -0.3 is 10.1 Å². The van der Waals surface area contributed by atoms with Crippen LogP contribution in [0.25, 0.3) is 0 Å². The molecule has 1 N–H and O–H groups in total. The number of methoxy groups -OCH3 is 1. The molecule has 0 spiro atoms. The van der Waals surface area contributed by atoms with Crippen molar-refractivity contribution in [3.8, 4) is 5.75 Å². The average molecular weight is 252 g/mol. The van der Waals surface area contributed by atoms with E-state index < -0.39 is 0 Å². The Kier molecular flexibility index (Phi) is 4.55. The van der Waals surface area contributed by atoms with E-state index in [1.54, 1.807) is 19.2 Å². The van der Waals surface area contributed by atoms with Crippen LogP contribution < -0.4 is 10.1 Å². The lowest BCUT2D eigenvalue weighted by molar-refractivity contribution is 0.136. The molecule has 0 amide bonds. The van der Waals surface area contributed by atoms with Gasteiger partial charge in [0.1, 0.15) is 11.6 Å². The minimum atomic E-state index is -0.200. The van der Waals surface area contributed by atoms with Crippen LogP contribution in [0.1, 0.15) is 18.9 Å². The van der Waals surface area contributed by atoms with Crippen LogP contribution in [-0.4, -0.2) is 37.7 Å². The molecule has 4 heteroatoms. The Morgan fingerprint density at radius 3 is 2.78 bits per heavy atom. The highest BCUT2D eigenvalue weighted by atomic mass is 19.1. The van der Waals surface area contributed by atoms with Crippen molar-refractivity contribution in [2.45, 2.75) is 25.9 Å². The van der Waals surface area contributed by atoms with E-state index in [9.17, 15) is 4.39 Å². The molecule has 0 aromatic heterocycles. The summed E-state index contributed by atoms with van der Waals surface area (Å²) in [4.78, 5) is 2.40. The fraction of sp³-hybridized carbons (Fsp3) is 0.571. The Bertz CT molecular complexity index is 393. The molecule has 1 aromatic rings. The van der Waals surface area contributed by atoms with Crippen molar-refractivity contribution in [2.24, 2.45) is 0 Å². The third kappa shape index (κ3) is 3.00. The van der Waals surface area contributed by atoms with Crippen LogP contribution >= 0.6 is 0 Å². The molecular formula is C14H21FN2O. The predicted octanol–water partition coefficient (Wildman–Crippen LogP) is 2.02. The van der Waals surface area contributed by atoms with Gasteiger partial charge in [-0.25, -0.2) is 4.39 Å². The van der Waals surface area contributed by atoms with Gasteiger partial charge in [-0.1, -0.05) is 6.92 Å². The van der Waals surface area contributed by atoms with Gasteiger partial charge in [0.2, 0.25) is 0 Å². The largest absolute Gasteiger partial charge is 0.496 e. The molecule has 0 saturated carbocycles. The maximum absolute atomic E-state index is 13.3. The highest BCUT2D eigenvalue weighted by molar-refractivity contribution is 5.34. The summed E-state index contributed by atoms with van der Waals surface area (Å²) in [7, 11) is 1.63. The minimum Gasteiger partial charge on any atom is -0.496 e. The second-order valence-corrected chi connectivity index (χ2v) is 4.74. The first-order valence-corrected chi connectivity index (χ1v) is 6.51. The van der Waals surface area contributed by atoms with Crippen molar-refractivity contribution in [3.63, 3.8) is 0 Å². The van der Waals surface area contributed by atoms with E-state index in [2.05, 4.69) is 17.1 Å². The molecule has 0 unspecified atom stereocenters. The first-order chi connectivity index (χ1) is 8.74. The summed E-state index contributed by atoms with van der Waals surface area (Å²) in [5, 5.41) is 3.28. The first kappa shape index (κ1) is 13.3. The molecule has 1 fully saturated rings. The van der Waals surface area contributed by atoms with Crippen molar-refractivity contribution < 1.29 is 9.13 Å². The van der Waals surface area contributed by atoms with E-state index in [-0.39, 0.29) is 5.82 Å². The summed E-state index contributed by atoms with van der Waals surface area (Å²) in [6.45, 7) is 6.00. The lowest BCUT2D eigenvalue weighted by Crippen LogP contribution is -2.57. The summed E-state index contributed by atoms with van der Waals surface area (Å²) in [5.74, 6) is 0.568. The molecule has 0 bridgehead atoms. The summed E-state index contributed by atoms with van der Waals surface area (Å²) in [6, 6.07) is 5.29. The zero-order valence-corrected chi connectivity index (χ0v) is 11.1. The van der Waals surface area contributed by atoms with Gasteiger partial charge in [-0.15, -0.1) is 0 Å². The van der Waals surface area contributed by atoms with E-state index in [1.165, 1.54) is 6.07 Å². The average Bonchev–Trinajstić information content (AvgIpc) is 2.27. The van der Waals surface area contributed by atoms with Crippen molar-refractivity contribution in [2.75, 3.05) is 26.7 Å². The Hall–Kier alpha value is -1.13. The maximum Gasteiger partial charge on any atom is 0.123 e. The lowest BCUT2D eigenvalue weighted by Gasteiger charge is -2.38. The number of nitrogens with zero attached hydrogens (tertiary/aromatic N) is 1. The number of rotatable bonds is 6. The third-order valence-corrected chi connectivity index (χ3v) is 3.40. The predicted molar refractivity (Wildman–Crippen MR) is 70.3 cm³/mol. The van der Waals surface area contributed by atoms with Crippen LogP contribution in [0, 0.1) is 5.82 Å². The SMILES string of the molecule is CCCN(Cc1cc(F)ccc1OC)C1CNC1. The number of ether oxygens (including phenoxy) is 1. The van der Waals surface area contributed by atoms with Crippen LogP contribution in [0.4, 0.5) is 4.39 Å². The molecule has 100 valence electrons. The van der Waals surface area contributed by atoms with Crippen molar-refractivity contribution >= 4 is 0 Å². The highest BCUT2D eigenvalue weighted by Gasteiger charge is 2.24. The van der Waals surface area contributed by atoms with Crippen molar-refractivity contribution in [1.82, 2.24) is 10.2 Å². The van der Waals surface area contributed by atoms with E-state index in [1.807, 2.05) is 0 Å². The van der Waals surface area contributed by atoms with E-state index in [0.29, 0.717) is 6.04 Å². The zero-order chi connectivity index (χ0) is 13.0. The molecular weight excluding hydrogens is 231 g/mol. The normalized spacial score (nSPS) is 15.8. The van der Waals surface area contributed by atoms with E-state index in [0.717, 1.165) is 43.9 Å². The Morgan fingerprint density at radius 1 is 1.44 bits per heavy atom. The smallest absolute Gasteiger partial charge is 0.123 e. The highest BCUT2D eigenvalue weighted by Crippen LogP contribution is 2.22. The summed E-state index contributed by atoms with van der Waals surface area (Å²) >= 11 is 0. The van der Waals surface area contributed by atoms with Gasteiger partial charge in [0.15, 0.2) is 0 Å². The number of hydrogen-bond acceptors (Lipinski definition) is 3. The minimum absolute atomic E-state index is 0.200. The van der Waals surface area contributed by atoms with Gasteiger partial charge in [0, 0.05) is 31.2 Å². The standard InChI is InChI=1S/C14H21FN2O/c1-3-6-17(13-8-16-9-13)10-11-7-12(15)4-5-14(11)18-2/h4-5,7,13,16H,3,6,8-10H2,1-2H3. The number of benzene rings is 1. The van der Waals surface area contributed by atoms with Gasteiger partial charge in [0.25, 0.3) is 0 Å². The summed E-state index contributed by atoms with van der Waals surface area (Å²) in [6.07, 6.45) is 1.11. The molecule has 0 atom stereocenters. The van der Waals surface area contributed by atoms with Crippen LogP contribution in [0.15, 0.2) is 18.2 Å². The van der Waals surface area contributed by atoms with E-state index >= 15 is 0 Å². The van der Waals surface area contributed by atoms with Crippen LogP contribution in [0.5, 0.6) is 5.75 Å². The van der Waals surface area contributed by atoms with Crippen LogP contribution in [0.2, 0.25) is 0 Å². The Labute approximate surface area is 108 Å². The second kappa shape index (κ2) is 6.16. The quantitative estimate of drug-likeness (QED) is 0.838. The van der Waals surface area contributed by atoms with Crippen molar-refractivity contribution in [3.05, 3.63) is 29.6 Å². The third-order valence-electron chi connectivity index (χ3n) is 3.40. The van der Waals surface area contributed by atoms with Crippen molar-refractivity contribution in [1.29, 1.82) is 0 Å². The lowest BCUT2D eigenvalue weighted by atomic mass is 10.1. The fourth-order valence-electron chi connectivity index (χ4n) is 2.30. The topological polar surface area (TPSA) is 24.5 Å². The van der Waals surface area contributed by atoms with Gasteiger partial charge in [-0.2, -0.15) is 0 Å². The second-order valence-electron chi connectivity index (χ2n) is 4.74. The first-order valence-electron chi connectivity index (χ1n) is 6.51. The monoisotopic (exact) mass is 252 g/mol. The number of hydrogen-bond donors (Lipinski definition) is 1. The van der Waals surface area contributed by atoms with Gasteiger partial charge >= 0.3 is 0 Å². The fourth-order valence-corrected chi connectivity index (χ4v) is 2.30. The van der Waals surface area contributed by atoms with Crippen LogP contribution in [0.3, 0.4) is 0 Å². The summed E-state index contributed by atoms with van der Waals surface area (Å²) < 4.78 is 18.6. The number of halogens is 1. The molecule has 1 aromatic carbocycles. The van der Waals surface area contributed by atoms with Gasteiger partial charge in [-0.05, 0) is 31.2 Å². The Morgan fingerprint density at radius 2 is 2.22 bits per heavy atom. The Balaban J connectivity index is 2.11. The maximum atomic E-state index is 13.3. The molecule has 18 heavy (non-hydrogen) atoms. The molecule has 0 aliphatic carbocycles. The molecule has 0 radical (unpaired) electrons. The van der Waals surface area contributed by atoms with Gasteiger partial charge in [0.05, 0.1) is 7.11 Å². The molecule has 1 saturated heterocycles. The zero-order valence-electron chi connectivity index (χ0n) is 11.1. The molecule has 1 aliphatic rings. The molecule has 1 aliphatic heterocycles. The molecule has 3 nitrogen and oxygen atoms in total.